The van der Waals surface area contributed by atoms with E-state index in [1.54, 1.807) is 6.08 Å². The van der Waals surface area contributed by atoms with Gasteiger partial charge in [0.2, 0.25) is 5.91 Å². The van der Waals surface area contributed by atoms with Crippen LogP contribution in [0.3, 0.4) is 0 Å². The zero-order chi connectivity index (χ0) is 7.82. The van der Waals surface area contributed by atoms with Gasteiger partial charge in [-0.2, -0.15) is 0 Å². The van der Waals surface area contributed by atoms with Gasteiger partial charge in [0.1, 0.15) is 0 Å². The van der Waals surface area contributed by atoms with Crippen LogP contribution in [0.5, 0.6) is 0 Å². The van der Waals surface area contributed by atoms with Crippen molar-refractivity contribution < 1.29 is 4.79 Å². The number of carbonyl (C=O) groups excluding carboxylic acids is 1. The Bertz CT molecular complexity index is 123. The van der Waals surface area contributed by atoms with Crippen molar-refractivity contribution in [2.45, 2.75) is 13.3 Å². The third-order valence-electron chi connectivity index (χ3n) is 0.998. The fraction of sp³-hybridized carbons (Fsp3) is 0.571. The van der Waals surface area contributed by atoms with E-state index in [9.17, 15) is 4.79 Å². The Labute approximate surface area is 64.3 Å². The van der Waals surface area contributed by atoms with Crippen LogP contribution in [0.15, 0.2) is 12.2 Å². The smallest absolute Gasteiger partial charge is 0.243 e. The highest BCUT2D eigenvalue weighted by atomic mass is 31.0. The lowest BCUT2D eigenvalue weighted by Gasteiger charge is -1.97. The van der Waals surface area contributed by atoms with E-state index in [-0.39, 0.29) is 5.91 Å². The maximum atomic E-state index is 10.7. The van der Waals surface area contributed by atoms with Crippen LogP contribution in [-0.2, 0) is 4.79 Å². The van der Waals surface area contributed by atoms with Gasteiger partial charge in [-0.05, 0) is 25.6 Å². The number of rotatable bonds is 4. The molecule has 10 heavy (non-hydrogen) atoms. The molecule has 1 amide bonds. The van der Waals surface area contributed by atoms with E-state index in [2.05, 4.69) is 14.6 Å². The summed E-state index contributed by atoms with van der Waals surface area (Å²) in [6.45, 7) is 2.60. The Balaban J connectivity index is 3.22. The molecular formula is C7H14NOP. The average molecular weight is 159 g/mol. The van der Waals surface area contributed by atoms with Crippen molar-refractivity contribution in [3.8, 4) is 0 Å². The van der Waals surface area contributed by atoms with E-state index in [0.29, 0.717) is 0 Å². The molecule has 0 radical (unpaired) electrons. The maximum Gasteiger partial charge on any atom is 0.243 e. The van der Waals surface area contributed by atoms with Gasteiger partial charge in [-0.15, -0.1) is 9.24 Å². The van der Waals surface area contributed by atoms with Crippen molar-refractivity contribution >= 4 is 15.1 Å². The molecule has 58 valence electrons. The van der Waals surface area contributed by atoms with E-state index >= 15 is 0 Å². The predicted octanol–water partition coefficient (Wildman–Crippen LogP) is 0.944. The summed E-state index contributed by atoms with van der Waals surface area (Å²) in [5.41, 5.74) is 0. The highest BCUT2D eigenvalue weighted by Gasteiger charge is 1.90. The Morgan fingerprint density at radius 2 is 2.40 bits per heavy atom. The van der Waals surface area contributed by atoms with Crippen LogP contribution in [-0.4, -0.2) is 18.6 Å². The molecule has 0 aliphatic carbocycles. The lowest BCUT2D eigenvalue weighted by Crippen LogP contribution is -2.22. The van der Waals surface area contributed by atoms with Crippen LogP contribution in [0.1, 0.15) is 13.3 Å². The van der Waals surface area contributed by atoms with Crippen molar-refractivity contribution in [2.75, 3.05) is 12.7 Å². The van der Waals surface area contributed by atoms with Gasteiger partial charge in [0.15, 0.2) is 0 Å². The average Bonchev–Trinajstić information content (AvgIpc) is 1.89. The van der Waals surface area contributed by atoms with Crippen molar-refractivity contribution in [3.63, 3.8) is 0 Å². The zero-order valence-electron chi connectivity index (χ0n) is 6.26. The summed E-state index contributed by atoms with van der Waals surface area (Å²) in [4.78, 5) is 10.7. The predicted molar refractivity (Wildman–Crippen MR) is 47.0 cm³/mol. The molecule has 1 N–H and O–H groups in total. The molecule has 2 nitrogen and oxygen atoms in total. The van der Waals surface area contributed by atoms with E-state index in [1.807, 2.05) is 6.92 Å². The third kappa shape index (κ3) is 5.77. The minimum Gasteiger partial charge on any atom is -0.353 e. The molecule has 0 aromatic heterocycles. The third-order valence-corrected chi connectivity index (χ3v) is 1.41. The number of nitrogens with one attached hydrogen (secondary N) is 1. The second-order valence-electron chi connectivity index (χ2n) is 1.93. The number of allylic oxidation sites excluding steroid dienone is 1. The first kappa shape index (κ1) is 9.64. The van der Waals surface area contributed by atoms with E-state index < -0.39 is 0 Å². The molecular weight excluding hydrogens is 145 g/mol. The second kappa shape index (κ2) is 6.76. The first-order valence-electron chi connectivity index (χ1n) is 3.42. The Morgan fingerprint density at radius 3 is 2.90 bits per heavy atom. The minimum absolute atomic E-state index is 0.000880. The van der Waals surface area contributed by atoms with Crippen LogP contribution >= 0.6 is 9.24 Å². The summed E-state index contributed by atoms with van der Waals surface area (Å²) < 4.78 is 0. The molecule has 0 rings (SSSR count). The number of amides is 1. The van der Waals surface area contributed by atoms with Gasteiger partial charge in [0.25, 0.3) is 0 Å². The summed E-state index contributed by atoms with van der Waals surface area (Å²) in [6.07, 6.45) is 5.32. The van der Waals surface area contributed by atoms with Gasteiger partial charge in [-0.3, -0.25) is 4.79 Å². The van der Waals surface area contributed by atoms with Gasteiger partial charge >= 0.3 is 0 Å². The molecule has 0 spiro atoms. The molecule has 0 heterocycles. The van der Waals surface area contributed by atoms with Gasteiger partial charge in [0, 0.05) is 6.54 Å². The fourth-order valence-electron chi connectivity index (χ4n) is 0.524. The maximum absolute atomic E-state index is 10.7. The van der Waals surface area contributed by atoms with Gasteiger partial charge in [-0.25, -0.2) is 0 Å². The largest absolute Gasteiger partial charge is 0.353 e. The first-order chi connectivity index (χ1) is 4.81. The number of carbonyl (C=O) groups is 1. The highest BCUT2D eigenvalue weighted by Crippen LogP contribution is 1.84. The monoisotopic (exact) mass is 159 g/mol. The Morgan fingerprint density at radius 1 is 1.70 bits per heavy atom. The molecule has 0 saturated carbocycles. The molecule has 0 aromatic rings. The van der Waals surface area contributed by atoms with E-state index in [0.717, 1.165) is 19.1 Å². The fourth-order valence-corrected chi connectivity index (χ4v) is 0.728. The van der Waals surface area contributed by atoms with Crippen LogP contribution < -0.4 is 5.32 Å². The topological polar surface area (TPSA) is 29.1 Å². The zero-order valence-corrected chi connectivity index (χ0v) is 7.42. The molecule has 0 aromatic carbocycles. The molecule has 0 aliphatic heterocycles. The van der Waals surface area contributed by atoms with Crippen LogP contribution in [0.2, 0.25) is 0 Å². The van der Waals surface area contributed by atoms with Gasteiger partial charge in [0.05, 0.1) is 0 Å². The van der Waals surface area contributed by atoms with Crippen LogP contribution in [0.25, 0.3) is 0 Å². The SMILES string of the molecule is CC=CC(=O)NCCCP. The standard InChI is InChI=1S/C7H14NOP/c1-2-4-7(9)8-5-3-6-10/h2,4H,3,5-6,10H2,1H3,(H,8,9). The lowest BCUT2D eigenvalue weighted by molar-refractivity contribution is -0.116. The van der Waals surface area contributed by atoms with Gasteiger partial charge < -0.3 is 5.32 Å². The molecule has 0 fully saturated rings. The molecule has 0 bridgehead atoms. The van der Waals surface area contributed by atoms with E-state index in [4.69, 9.17) is 0 Å². The van der Waals surface area contributed by atoms with Crippen molar-refractivity contribution in [1.29, 1.82) is 0 Å². The molecule has 1 unspecified atom stereocenters. The molecule has 3 heteroatoms. The van der Waals surface area contributed by atoms with Crippen molar-refractivity contribution in [3.05, 3.63) is 12.2 Å². The summed E-state index contributed by atoms with van der Waals surface area (Å²) >= 11 is 0. The minimum atomic E-state index is 0.000880. The normalized spacial score (nSPS) is 10.2. The molecule has 0 saturated heterocycles. The lowest BCUT2D eigenvalue weighted by atomic mass is 10.4. The number of hydrogen-bond donors (Lipinski definition) is 1. The second-order valence-corrected chi connectivity index (χ2v) is 2.51. The van der Waals surface area contributed by atoms with E-state index in [1.165, 1.54) is 6.08 Å². The Kier molecular flexibility index (Phi) is 6.51. The summed E-state index contributed by atoms with van der Waals surface area (Å²) in [5.74, 6) is 0.000880. The van der Waals surface area contributed by atoms with Crippen molar-refractivity contribution in [1.82, 2.24) is 5.32 Å². The molecule has 1 atom stereocenters. The number of hydrogen-bond acceptors (Lipinski definition) is 1. The quantitative estimate of drug-likeness (QED) is 0.369. The molecule has 0 aliphatic rings. The van der Waals surface area contributed by atoms with Crippen LogP contribution in [0.4, 0.5) is 0 Å². The van der Waals surface area contributed by atoms with Crippen LogP contribution in [0, 0.1) is 0 Å². The van der Waals surface area contributed by atoms with Gasteiger partial charge in [-0.1, -0.05) is 6.08 Å². The first-order valence-corrected chi connectivity index (χ1v) is 4.23. The summed E-state index contributed by atoms with van der Waals surface area (Å²) in [7, 11) is 2.62. The van der Waals surface area contributed by atoms with Crippen molar-refractivity contribution in [2.24, 2.45) is 0 Å². The highest BCUT2D eigenvalue weighted by molar-refractivity contribution is 7.16. The Hall–Kier alpha value is -0.360. The summed E-state index contributed by atoms with van der Waals surface area (Å²) in [5, 5.41) is 2.75. The summed E-state index contributed by atoms with van der Waals surface area (Å²) in [6, 6.07) is 0.